The number of hydrogen-bond acceptors (Lipinski definition) is 7. The van der Waals surface area contributed by atoms with Crippen molar-refractivity contribution in [2.24, 2.45) is 5.84 Å². The number of nitrogens with zero attached hydrogens (tertiary/aromatic N) is 5. The Labute approximate surface area is 120 Å². The number of aromatic nitrogens is 3. The molecule has 112 valence electrons. The third-order valence-electron chi connectivity index (χ3n) is 3.81. The van der Waals surface area contributed by atoms with Gasteiger partial charge in [0.1, 0.15) is 0 Å². The number of rotatable bonds is 6. The molecule has 0 aliphatic carbocycles. The van der Waals surface area contributed by atoms with Gasteiger partial charge in [0.25, 0.3) is 0 Å². The largest absolute Gasteiger partial charge is 0.341 e. The van der Waals surface area contributed by atoms with E-state index in [0.717, 1.165) is 31.9 Å². The van der Waals surface area contributed by atoms with Gasteiger partial charge < -0.3 is 9.80 Å². The highest BCUT2D eigenvalue weighted by molar-refractivity contribution is 5.45. The van der Waals surface area contributed by atoms with Crippen LogP contribution in [0.2, 0.25) is 0 Å². The Morgan fingerprint density at radius 2 is 2.00 bits per heavy atom. The summed E-state index contributed by atoms with van der Waals surface area (Å²) in [6.45, 7) is 6.36. The maximum atomic E-state index is 5.48. The minimum atomic E-state index is 0.388. The summed E-state index contributed by atoms with van der Waals surface area (Å²) in [4.78, 5) is 17.6. The zero-order chi connectivity index (χ0) is 14.5. The molecule has 2 heterocycles. The molecule has 0 spiro atoms. The van der Waals surface area contributed by atoms with Gasteiger partial charge in [0.15, 0.2) is 0 Å². The number of hydrogen-bond donors (Lipinski definition) is 2. The Morgan fingerprint density at radius 3 is 2.60 bits per heavy atom. The Morgan fingerprint density at radius 1 is 1.30 bits per heavy atom. The molecule has 0 radical (unpaired) electrons. The molecule has 3 N–H and O–H groups in total. The van der Waals surface area contributed by atoms with Crippen molar-refractivity contribution in [3.05, 3.63) is 0 Å². The molecule has 1 saturated heterocycles. The van der Waals surface area contributed by atoms with Crippen molar-refractivity contribution in [3.8, 4) is 0 Å². The van der Waals surface area contributed by atoms with Crippen LogP contribution in [-0.4, -0.2) is 41.1 Å². The molecule has 0 amide bonds. The first-order valence-electron chi connectivity index (χ1n) is 7.36. The van der Waals surface area contributed by atoms with E-state index in [4.69, 9.17) is 5.84 Å². The van der Waals surface area contributed by atoms with Crippen molar-refractivity contribution in [1.29, 1.82) is 0 Å². The normalized spacial score (nSPS) is 16.3. The second-order valence-electron chi connectivity index (χ2n) is 5.35. The predicted octanol–water partition coefficient (Wildman–Crippen LogP) is 1.38. The van der Waals surface area contributed by atoms with Crippen LogP contribution in [0.4, 0.5) is 17.8 Å². The molecule has 20 heavy (non-hydrogen) atoms. The molecule has 1 fully saturated rings. The summed E-state index contributed by atoms with van der Waals surface area (Å²) in [7, 11) is 2.02. The molecule has 1 aliphatic heterocycles. The molecule has 2 rings (SSSR count). The van der Waals surface area contributed by atoms with E-state index >= 15 is 0 Å². The minimum Gasteiger partial charge on any atom is -0.341 e. The van der Waals surface area contributed by atoms with Crippen LogP contribution < -0.4 is 21.1 Å². The summed E-state index contributed by atoms with van der Waals surface area (Å²) < 4.78 is 0. The van der Waals surface area contributed by atoms with Gasteiger partial charge in [-0.2, -0.15) is 15.0 Å². The highest BCUT2D eigenvalue weighted by Gasteiger charge is 2.20. The van der Waals surface area contributed by atoms with Gasteiger partial charge in [-0.1, -0.05) is 13.3 Å². The number of nitrogens with one attached hydrogen (secondary N) is 1. The van der Waals surface area contributed by atoms with E-state index in [1.807, 2.05) is 7.05 Å². The molecule has 1 aliphatic rings. The molecule has 0 saturated carbocycles. The molecule has 1 unspecified atom stereocenters. The van der Waals surface area contributed by atoms with Gasteiger partial charge in [-0.3, -0.25) is 5.43 Å². The third-order valence-corrected chi connectivity index (χ3v) is 3.81. The summed E-state index contributed by atoms with van der Waals surface area (Å²) in [5, 5.41) is 0. The van der Waals surface area contributed by atoms with E-state index in [1.54, 1.807) is 0 Å². The van der Waals surface area contributed by atoms with Crippen molar-refractivity contribution < 1.29 is 0 Å². The van der Waals surface area contributed by atoms with Crippen molar-refractivity contribution in [2.75, 3.05) is 35.4 Å². The average Bonchev–Trinajstić information content (AvgIpc) is 3.00. The first kappa shape index (κ1) is 14.8. The lowest BCUT2D eigenvalue weighted by molar-refractivity contribution is 0.604. The van der Waals surface area contributed by atoms with Crippen LogP contribution in [0.5, 0.6) is 0 Å². The van der Waals surface area contributed by atoms with E-state index in [0.29, 0.717) is 17.9 Å². The first-order valence-corrected chi connectivity index (χ1v) is 7.36. The number of hydrazine groups is 1. The van der Waals surface area contributed by atoms with Crippen molar-refractivity contribution >= 4 is 17.8 Å². The SMILES string of the molecule is CCCC(C)N(C)c1nc(NN)nc(N2CCCC2)n1. The Hall–Kier alpha value is -1.63. The molecule has 7 nitrogen and oxygen atoms in total. The van der Waals surface area contributed by atoms with Crippen LogP contribution in [-0.2, 0) is 0 Å². The maximum absolute atomic E-state index is 5.48. The van der Waals surface area contributed by atoms with E-state index in [1.165, 1.54) is 12.8 Å². The monoisotopic (exact) mass is 279 g/mol. The fourth-order valence-electron chi connectivity index (χ4n) is 2.44. The zero-order valence-electron chi connectivity index (χ0n) is 12.6. The van der Waals surface area contributed by atoms with Gasteiger partial charge in [-0.15, -0.1) is 0 Å². The zero-order valence-corrected chi connectivity index (χ0v) is 12.6. The molecule has 1 atom stereocenters. The average molecular weight is 279 g/mol. The Bertz CT molecular complexity index is 431. The number of nitrogen functional groups attached to an aromatic ring is 1. The van der Waals surface area contributed by atoms with Crippen LogP contribution in [0, 0.1) is 0 Å². The van der Waals surface area contributed by atoms with Gasteiger partial charge >= 0.3 is 0 Å². The lowest BCUT2D eigenvalue weighted by atomic mass is 10.2. The van der Waals surface area contributed by atoms with E-state index in [9.17, 15) is 0 Å². The molecule has 0 bridgehead atoms. The van der Waals surface area contributed by atoms with E-state index in [-0.39, 0.29) is 0 Å². The van der Waals surface area contributed by atoms with Crippen LogP contribution in [0.15, 0.2) is 0 Å². The van der Waals surface area contributed by atoms with Gasteiger partial charge in [-0.05, 0) is 26.2 Å². The highest BCUT2D eigenvalue weighted by Crippen LogP contribution is 2.21. The second kappa shape index (κ2) is 6.69. The lowest BCUT2D eigenvalue weighted by Crippen LogP contribution is -2.32. The fraction of sp³-hybridized carbons (Fsp3) is 0.769. The summed E-state index contributed by atoms with van der Waals surface area (Å²) in [5.74, 6) is 7.30. The quantitative estimate of drug-likeness (QED) is 0.601. The van der Waals surface area contributed by atoms with E-state index in [2.05, 4.69) is 44.0 Å². The van der Waals surface area contributed by atoms with Crippen molar-refractivity contribution in [2.45, 2.75) is 45.6 Å². The minimum absolute atomic E-state index is 0.388. The van der Waals surface area contributed by atoms with Gasteiger partial charge in [0.05, 0.1) is 0 Å². The van der Waals surface area contributed by atoms with Crippen molar-refractivity contribution in [3.63, 3.8) is 0 Å². The summed E-state index contributed by atoms with van der Waals surface area (Å²) in [5.41, 5.74) is 2.54. The third kappa shape index (κ3) is 3.27. The summed E-state index contributed by atoms with van der Waals surface area (Å²) >= 11 is 0. The number of anilines is 3. The molecule has 0 aromatic carbocycles. The van der Waals surface area contributed by atoms with Crippen LogP contribution in [0.1, 0.15) is 39.5 Å². The lowest BCUT2D eigenvalue weighted by Gasteiger charge is -2.26. The Kier molecular flexibility index (Phi) is 4.94. The second-order valence-corrected chi connectivity index (χ2v) is 5.35. The molecular weight excluding hydrogens is 254 g/mol. The summed E-state index contributed by atoms with van der Waals surface area (Å²) in [6.07, 6.45) is 4.62. The van der Waals surface area contributed by atoms with Crippen LogP contribution in [0.3, 0.4) is 0 Å². The van der Waals surface area contributed by atoms with Gasteiger partial charge in [0.2, 0.25) is 17.8 Å². The molecule has 1 aromatic rings. The van der Waals surface area contributed by atoms with Gasteiger partial charge in [0, 0.05) is 26.2 Å². The van der Waals surface area contributed by atoms with E-state index < -0.39 is 0 Å². The predicted molar refractivity (Wildman–Crippen MR) is 81.9 cm³/mol. The smallest absolute Gasteiger partial charge is 0.243 e. The Balaban J connectivity index is 2.25. The first-order chi connectivity index (χ1) is 9.65. The van der Waals surface area contributed by atoms with Gasteiger partial charge in [-0.25, -0.2) is 5.84 Å². The standard InChI is InChI=1S/C13H25N7/c1-4-7-10(2)19(3)12-15-11(18-14)16-13(17-12)20-8-5-6-9-20/h10H,4-9,14H2,1-3H3,(H,15,16,17,18). The number of nitrogens with two attached hydrogens (primary N) is 1. The van der Waals surface area contributed by atoms with Crippen LogP contribution in [0.25, 0.3) is 0 Å². The maximum Gasteiger partial charge on any atom is 0.243 e. The highest BCUT2D eigenvalue weighted by atomic mass is 15.4. The molecule has 7 heteroatoms. The summed E-state index contributed by atoms with van der Waals surface area (Å²) in [6, 6.07) is 0.388. The van der Waals surface area contributed by atoms with Crippen molar-refractivity contribution in [1.82, 2.24) is 15.0 Å². The fourth-order valence-corrected chi connectivity index (χ4v) is 2.44. The van der Waals surface area contributed by atoms with Crippen LogP contribution >= 0.6 is 0 Å². The topological polar surface area (TPSA) is 83.2 Å². The molecular formula is C13H25N7. The molecule has 1 aromatic heterocycles.